The van der Waals surface area contributed by atoms with Crippen molar-refractivity contribution in [1.29, 1.82) is 0 Å². The van der Waals surface area contributed by atoms with Gasteiger partial charge in [0.25, 0.3) is 11.8 Å². The summed E-state index contributed by atoms with van der Waals surface area (Å²) in [6, 6.07) is 2.80. The molecule has 0 aromatic heterocycles. The van der Waals surface area contributed by atoms with Gasteiger partial charge in [-0.2, -0.15) is 0 Å². The quantitative estimate of drug-likeness (QED) is 0.739. The number of nitrogens with one attached hydrogen (secondary N) is 1. The van der Waals surface area contributed by atoms with Crippen molar-refractivity contribution in [3.8, 4) is 5.75 Å². The third-order valence-corrected chi connectivity index (χ3v) is 2.00. The molecule has 4 nitrogen and oxygen atoms in total. The Morgan fingerprint density at radius 3 is 2.65 bits per heavy atom. The molecule has 1 aromatic rings. The van der Waals surface area contributed by atoms with Gasteiger partial charge >= 0.3 is 0 Å². The lowest BCUT2D eigenvalue weighted by Gasteiger charge is -2.14. The number of phenols is 1. The second-order valence-electron chi connectivity index (χ2n) is 3.41. The molecule has 0 radical (unpaired) electrons. The van der Waals surface area contributed by atoms with Crippen molar-refractivity contribution >= 4 is 5.91 Å². The highest BCUT2D eigenvalue weighted by molar-refractivity contribution is 5.94. The number of carbonyl (C=O) groups excluding carboxylic acids is 1. The fourth-order valence-electron chi connectivity index (χ4n) is 1.07. The molecule has 0 aliphatic carbocycles. The molecule has 1 aromatic carbocycles. The Labute approximate surface area is 95.2 Å². The predicted molar refractivity (Wildman–Crippen MR) is 54.4 cm³/mol. The molecule has 0 unspecified atom stereocenters. The first-order chi connectivity index (χ1) is 7.85. The molecule has 0 heterocycles. The van der Waals surface area contributed by atoms with Gasteiger partial charge in [-0.15, -0.1) is 0 Å². The van der Waals surface area contributed by atoms with Crippen LogP contribution in [-0.2, 0) is 0 Å². The third-order valence-electron chi connectivity index (χ3n) is 2.00. The number of hydrogen-bond donors (Lipinski definition) is 3. The fourth-order valence-corrected chi connectivity index (χ4v) is 1.07. The molecule has 0 fully saturated rings. The van der Waals surface area contributed by atoms with Gasteiger partial charge in [0.15, 0.2) is 0 Å². The van der Waals surface area contributed by atoms with E-state index in [1.807, 2.05) is 5.32 Å². The smallest absolute Gasteiger partial charge is 0.277 e. The number of rotatable bonds is 4. The van der Waals surface area contributed by atoms with E-state index in [2.05, 4.69) is 0 Å². The summed E-state index contributed by atoms with van der Waals surface area (Å²) in [7, 11) is 0. The SMILES string of the molecule is NCC(F)(F)CNC(=O)c1ccc(O)cc1F. The van der Waals surface area contributed by atoms with Crippen LogP contribution in [0.2, 0.25) is 0 Å². The molecule has 0 aliphatic rings. The Bertz CT molecular complexity index is 424. The van der Waals surface area contributed by atoms with E-state index >= 15 is 0 Å². The van der Waals surface area contributed by atoms with Gasteiger partial charge in [0, 0.05) is 6.07 Å². The number of carbonyl (C=O) groups is 1. The van der Waals surface area contributed by atoms with E-state index in [1.165, 1.54) is 0 Å². The van der Waals surface area contributed by atoms with Crippen LogP contribution >= 0.6 is 0 Å². The Kier molecular flexibility index (Phi) is 3.95. The van der Waals surface area contributed by atoms with Crippen LogP contribution in [0.3, 0.4) is 0 Å². The lowest BCUT2D eigenvalue weighted by atomic mass is 10.2. The van der Waals surface area contributed by atoms with Crippen molar-refractivity contribution in [3.05, 3.63) is 29.6 Å². The van der Waals surface area contributed by atoms with Crippen molar-refractivity contribution in [3.63, 3.8) is 0 Å². The average Bonchev–Trinajstić information content (AvgIpc) is 2.26. The summed E-state index contributed by atoms with van der Waals surface area (Å²) in [5.41, 5.74) is 4.35. The normalized spacial score (nSPS) is 11.3. The number of alkyl halides is 2. The van der Waals surface area contributed by atoms with E-state index in [4.69, 9.17) is 10.8 Å². The molecule has 0 saturated heterocycles. The standard InChI is InChI=1S/C10H11F3N2O2/c11-8-3-6(16)1-2-7(8)9(17)15-5-10(12,13)4-14/h1-3,16H,4-5,14H2,(H,15,17). The van der Waals surface area contributed by atoms with Crippen LogP contribution in [0.5, 0.6) is 5.75 Å². The van der Waals surface area contributed by atoms with E-state index in [1.54, 1.807) is 0 Å². The second kappa shape index (κ2) is 5.05. The molecule has 7 heteroatoms. The van der Waals surface area contributed by atoms with Gasteiger partial charge in [-0.1, -0.05) is 0 Å². The molecule has 4 N–H and O–H groups in total. The monoisotopic (exact) mass is 248 g/mol. The van der Waals surface area contributed by atoms with E-state index < -0.39 is 36.3 Å². The Hall–Kier alpha value is -1.76. The van der Waals surface area contributed by atoms with Gasteiger partial charge in [0.1, 0.15) is 11.6 Å². The Morgan fingerprint density at radius 2 is 2.12 bits per heavy atom. The maximum Gasteiger partial charge on any atom is 0.277 e. The highest BCUT2D eigenvalue weighted by Crippen LogP contribution is 2.15. The van der Waals surface area contributed by atoms with Crippen molar-refractivity contribution < 1.29 is 23.1 Å². The summed E-state index contributed by atoms with van der Waals surface area (Å²) in [5.74, 6) is -5.57. The number of amides is 1. The molecule has 1 amide bonds. The number of hydrogen-bond acceptors (Lipinski definition) is 3. The molecule has 94 valence electrons. The van der Waals surface area contributed by atoms with Gasteiger partial charge in [-0.05, 0) is 12.1 Å². The molecule has 0 aliphatic heterocycles. The first kappa shape index (κ1) is 13.3. The van der Waals surface area contributed by atoms with Gasteiger partial charge in [0.05, 0.1) is 18.7 Å². The van der Waals surface area contributed by atoms with E-state index in [0.29, 0.717) is 0 Å². The Morgan fingerprint density at radius 1 is 1.47 bits per heavy atom. The molecule has 17 heavy (non-hydrogen) atoms. The fraction of sp³-hybridized carbons (Fsp3) is 0.300. The van der Waals surface area contributed by atoms with Crippen LogP contribution in [0, 0.1) is 5.82 Å². The molecular weight excluding hydrogens is 237 g/mol. The summed E-state index contributed by atoms with van der Waals surface area (Å²) in [5, 5.41) is 10.8. The molecule has 0 saturated carbocycles. The zero-order valence-corrected chi connectivity index (χ0v) is 8.71. The summed E-state index contributed by atoms with van der Waals surface area (Å²) in [6.07, 6.45) is 0. The minimum absolute atomic E-state index is 0.355. The van der Waals surface area contributed by atoms with Crippen LogP contribution in [0.15, 0.2) is 18.2 Å². The van der Waals surface area contributed by atoms with Gasteiger partial charge in [-0.25, -0.2) is 13.2 Å². The second-order valence-corrected chi connectivity index (χ2v) is 3.41. The van der Waals surface area contributed by atoms with Crippen LogP contribution in [-0.4, -0.2) is 30.0 Å². The lowest BCUT2D eigenvalue weighted by molar-refractivity contribution is 0.0118. The summed E-state index contributed by atoms with van der Waals surface area (Å²) < 4.78 is 38.6. The van der Waals surface area contributed by atoms with Crippen LogP contribution < -0.4 is 11.1 Å². The lowest BCUT2D eigenvalue weighted by Crippen LogP contribution is -2.41. The van der Waals surface area contributed by atoms with Crippen molar-refractivity contribution in [2.75, 3.05) is 13.1 Å². The predicted octanol–water partition coefficient (Wildman–Crippen LogP) is 0.855. The van der Waals surface area contributed by atoms with Crippen LogP contribution in [0.4, 0.5) is 13.2 Å². The Balaban J connectivity index is 2.71. The van der Waals surface area contributed by atoms with Crippen LogP contribution in [0.1, 0.15) is 10.4 Å². The summed E-state index contributed by atoms with van der Waals surface area (Å²) in [6.45, 7) is -1.88. The van der Waals surface area contributed by atoms with E-state index in [9.17, 15) is 18.0 Å². The number of aromatic hydroxyl groups is 1. The zero-order valence-electron chi connectivity index (χ0n) is 8.71. The summed E-state index contributed by atoms with van der Waals surface area (Å²) in [4.78, 5) is 11.3. The maximum atomic E-state index is 13.2. The first-order valence-corrected chi connectivity index (χ1v) is 4.70. The molecular formula is C10H11F3N2O2. The third kappa shape index (κ3) is 3.63. The van der Waals surface area contributed by atoms with Gasteiger partial charge in [0.2, 0.25) is 0 Å². The van der Waals surface area contributed by atoms with Crippen molar-refractivity contribution in [2.24, 2.45) is 5.73 Å². The highest BCUT2D eigenvalue weighted by Gasteiger charge is 2.27. The van der Waals surface area contributed by atoms with Crippen LogP contribution in [0.25, 0.3) is 0 Å². The maximum absolute atomic E-state index is 13.2. The van der Waals surface area contributed by atoms with E-state index in [-0.39, 0.29) is 5.75 Å². The molecule has 0 bridgehead atoms. The molecule has 0 spiro atoms. The topological polar surface area (TPSA) is 75.3 Å². The zero-order chi connectivity index (χ0) is 13.1. The first-order valence-electron chi connectivity index (χ1n) is 4.70. The van der Waals surface area contributed by atoms with E-state index in [0.717, 1.165) is 18.2 Å². The minimum atomic E-state index is -3.23. The van der Waals surface area contributed by atoms with Crippen molar-refractivity contribution in [2.45, 2.75) is 5.92 Å². The molecule has 1 rings (SSSR count). The number of phenolic OH excluding ortho intramolecular Hbond substituents is 1. The number of benzene rings is 1. The highest BCUT2D eigenvalue weighted by atomic mass is 19.3. The number of nitrogens with two attached hydrogens (primary N) is 1. The molecule has 0 atom stereocenters. The van der Waals surface area contributed by atoms with Gasteiger partial charge < -0.3 is 16.2 Å². The number of halogens is 3. The summed E-state index contributed by atoms with van der Waals surface area (Å²) >= 11 is 0. The minimum Gasteiger partial charge on any atom is -0.508 e. The average molecular weight is 248 g/mol. The largest absolute Gasteiger partial charge is 0.508 e. The van der Waals surface area contributed by atoms with Gasteiger partial charge in [-0.3, -0.25) is 4.79 Å². The van der Waals surface area contributed by atoms with Crippen molar-refractivity contribution in [1.82, 2.24) is 5.32 Å².